The molecule has 2 N–H and O–H groups in total. The number of esters is 1. The summed E-state index contributed by atoms with van der Waals surface area (Å²) in [5.41, 5.74) is -1.37. The zero-order chi connectivity index (χ0) is 30.4. The first kappa shape index (κ1) is 30.4. The lowest BCUT2D eigenvalue weighted by Crippen LogP contribution is -2.61. The third-order valence-electron chi connectivity index (χ3n) is 8.59. The van der Waals surface area contributed by atoms with E-state index in [2.05, 4.69) is 21.2 Å². The fraction of sp³-hybridized carbons (Fsp3) is 0.548. The van der Waals surface area contributed by atoms with Crippen molar-refractivity contribution < 1.29 is 33.8 Å². The molecule has 2 saturated heterocycles. The zero-order valence-electron chi connectivity index (χ0n) is 24.3. The predicted octanol–water partition coefficient (Wildman–Crippen LogP) is 2.62. The summed E-state index contributed by atoms with van der Waals surface area (Å²) in [6.45, 7) is 7.33. The van der Waals surface area contributed by atoms with Crippen molar-refractivity contribution in [2.75, 3.05) is 19.7 Å². The van der Waals surface area contributed by atoms with Gasteiger partial charge in [-0.25, -0.2) is 0 Å². The number of aliphatic hydroxyl groups is 1. The van der Waals surface area contributed by atoms with Crippen molar-refractivity contribution in [1.29, 1.82) is 0 Å². The van der Waals surface area contributed by atoms with E-state index >= 15 is 0 Å². The van der Waals surface area contributed by atoms with Crippen LogP contribution in [-0.2, 0) is 28.7 Å². The molecule has 0 saturated carbocycles. The van der Waals surface area contributed by atoms with Crippen LogP contribution in [0, 0.1) is 11.8 Å². The SMILES string of the molecule is C[C@H](CO)N1C(=O)[C@@H]2[C@H]3C(=O)O[C@@H](c4ccccc4)CNC(=O)CC/C=C\CN(C(C)(C)C)C(=O)[C@@H]1[C@]21C=C(Br)[C@H]3O1. The highest BCUT2D eigenvalue weighted by Crippen LogP contribution is 2.59. The number of nitrogens with one attached hydrogen (secondary N) is 1. The van der Waals surface area contributed by atoms with Gasteiger partial charge in [-0.3, -0.25) is 19.2 Å². The highest BCUT2D eigenvalue weighted by atomic mass is 79.9. The Kier molecular flexibility index (Phi) is 8.39. The summed E-state index contributed by atoms with van der Waals surface area (Å²) >= 11 is 3.55. The van der Waals surface area contributed by atoms with Crippen LogP contribution in [0.15, 0.2) is 53.0 Å². The third-order valence-corrected chi connectivity index (χ3v) is 9.27. The van der Waals surface area contributed by atoms with Crippen molar-refractivity contribution >= 4 is 39.6 Å². The second kappa shape index (κ2) is 11.6. The first-order chi connectivity index (χ1) is 19.9. The second-order valence-corrected chi connectivity index (χ2v) is 13.3. The molecule has 2 fully saturated rings. The number of aliphatic hydroxyl groups excluding tert-OH is 1. The normalized spacial score (nSPS) is 33.7. The summed E-state index contributed by atoms with van der Waals surface area (Å²) in [7, 11) is 0. The van der Waals surface area contributed by atoms with Gasteiger partial charge in [-0.2, -0.15) is 0 Å². The van der Waals surface area contributed by atoms with Crippen molar-refractivity contribution in [2.45, 2.75) is 76.0 Å². The van der Waals surface area contributed by atoms with E-state index in [0.717, 1.165) is 0 Å². The zero-order valence-corrected chi connectivity index (χ0v) is 25.9. The Labute approximate surface area is 254 Å². The van der Waals surface area contributed by atoms with Crippen LogP contribution in [0.4, 0.5) is 0 Å². The Morgan fingerprint density at radius 2 is 1.83 bits per heavy atom. The minimum atomic E-state index is -1.43. The van der Waals surface area contributed by atoms with Gasteiger partial charge >= 0.3 is 5.97 Å². The number of benzene rings is 1. The molecular weight excluding hydrogens is 606 g/mol. The molecule has 1 spiro atoms. The molecule has 0 aromatic heterocycles. The Morgan fingerprint density at radius 3 is 2.50 bits per heavy atom. The molecule has 4 aliphatic rings. The lowest BCUT2D eigenvalue weighted by atomic mass is 9.74. The number of carbonyl (C=O) groups excluding carboxylic acids is 4. The van der Waals surface area contributed by atoms with E-state index in [-0.39, 0.29) is 37.9 Å². The average Bonchev–Trinajstić information content (AvgIpc) is 3.54. The van der Waals surface area contributed by atoms with Crippen molar-refractivity contribution in [3.05, 3.63) is 58.6 Å². The van der Waals surface area contributed by atoms with Crippen molar-refractivity contribution in [3.8, 4) is 0 Å². The summed E-state index contributed by atoms with van der Waals surface area (Å²) in [6.07, 6.45) is 4.52. The Balaban J connectivity index is 1.62. The second-order valence-electron chi connectivity index (χ2n) is 12.4. The number of rotatable bonds is 3. The van der Waals surface area contributed by atoms with Crippen LogP contribution in [0.1, 0.15) is 52.2 Å². The molecule has 7 atom stereocenters. The van der Waals surface area contributed by atoms with Crippen LogP contribution in [0.5, 0.6) is 0 Å². The number of ether oxygens (including phenoxy) is 2. The number of hydrogen-bond acceptors (Lipinski definition) is 7. The van der Waals surface area contributed by atoms with Gasteiger partial charge in [0.05, 0.1) is 25.1 Å². The standard InChI is InChI=1S/C31H38BrN3O7/c1-18(17-36)35-26-28(39)34(30(2,3)4)14-10-6-9-13-22(37)33-16-21(19-11-7-5-8-12-19)41-29(40)23-24(27(35)38)31(26)15-20(32)25(23)42-31/h5-8,10-12,15,18,21,23-26,36H,9,13-14,16-17H2,1-4H3,(H,33,37)/b10-6-/t18-,21-,23-,24+,25-,26-,31+/m1/s1. The van der Waals surface area contributed by atoms with Gasteiger partial charge in [-0.1, -0.05) is 58.4 Å². The number of carbonyl (C=O) groups is 4. The van der Waals surface area contributed by atoms with Gasteiger partial charge in [0.2, 0.25) is 17.7 Å². The maximum absolute atomic E-state index is 14.5. The van der Waals surface area contributed by atoms with E-state index in [0.29, 0.717) is 16.5 Å². The number of halogens is 1. The topological polar surface area (TPSA) is 125 Å². The van der Waals surface area contributed by atoms with Gasteiger partial charge in [0, 0.05) is 23.0 Å². The van der Waals surface area contributed by atoms with Gasteiger partial charge < -0.3 is 29.7 Å². The predicted molar refractivity (Wildman–Crippen MR) is 157 cm³/mol. The molecule has 3 amide bonds. The molecule has 1 aromatic rings. The summed E-state index contributed by atoms with van der Waals surface area (Å²) < 4.78 is 13.1. The fourth-order valence-corrected chi connectivity index (χ4v) is 7.27. The lowest BCUT2D eigenvalue weighted by Gasteiger charge is -2.42. The van der Waals surface area contributed by atoms with E-state index < -0.39 is 59.1 Å². The van der Waals surface area contributed by atoms with Crippen LogP contribution in [-0.4, -0.2) is 87.6 Å². The number of cyclic esters (lactones) is 1. The van der Waals surface area contributed by atoms with E-state index in [4.69, 9.17) is 9.47 Å². The summed E-state index contributed by atoms with van der Waals surface area (Å²) in [5.74, 6) is -3.71. The molecule has 5 bridgehead atoms. The van der Waals surface area contributed by atoms with Crippen molar-refractivity contribution in [3.63, 3.8) is 0 Å². The van der Waals surface area contributed by atoms with Gasteiger partial charge in [-0.15, -0.1) is 0 Å². The Hall–Kier alpha value is -3.02. The highest BCUT2D eigenvalue weighted by Gasteiger charge is 2.75. The maximum Gasteiger partial charge on any atom is 0.313 e. The van der Waals surface area contributed by atoms with E-state index in [1.165, 1.54) is 4.90 Å². The van der Waals surface area contributed by atoms with Crippen LogP contribution < -0.4 is 5.32 Å². The molecular formula is C31H38BrN3O7. The molecule has 11 heteroatoms. The number of amides is 3. The lowest BCUT2D eigenvalue weighted by molar-refractivity contribution is -0.160. The van der Waals surface area contributed by atoms with E-state index in [1.54, 1.807) is 17.9 Å². The molecule has 0 radical (unpaired) electrons. The van der Waals surface area contributed by atoms with Gasteiger partial charge in [0.25, 0.3) is 0 Å². The van der Waals surface area contributed by atoms with Crippen LogP contribution >= 0.6 is 15.9 Å². The van der Waals surface area contributed by atoms with E-state index in [1.807, 2.05) is 63.3 Å². The van der Waals surface area contributed by atoms with Crippen LogP contribution in [0.2, 0.25) is 0 Å². The van der Waals surface area contributed by atoms with Gasteiger partial charge in [-0.05, 0) is 45.8 Å². The van der Waals surface area contributed by atoms with Gasteiger partial charge in [0.15, 0.2) is 0 Å². The van der Waals surface area contributed by atoms with Crippen LogP contribution in [0.3, 0.4) is 0 Å². The number of hydrogen-bond donors (Lipinski definition) is 2. The molecule has 5 rings (SSSR count). The Bertz CT molecular complexity index is 1310. The Morgan fingerprint density at radius 1 is 1.12 bits per heavy atom. The van der Waals surface area contributed by atoms with Gasteiger partial charge in [0.1, 0.15) is 29.8 Å². The molecule has 226 valence electrons. The summed E-state index contributed by atoms with van der Waals surface area (Å²) in [6, 6.07) is 7.29. The highest BCUT2D eigenvalue weighted by molar-refractivity contribution is 9.11. The third kappa shape index (κ3) is 5.20. The maximum atomic E-state index is 14.5. The molecule has 0 unspecified atom stereocenters. The molecule has 0 aliphatic carbocycles. The smallest absolute Gasteiger partial charge is 0.313 e. The number of fused-ring (bicyclic) bond motifs is 2. The van der Waals surface area contributed by atoms with Crippen LogP contribution in [0.25, 0.3) is 0 Å². The molecule has 42 heavy (non-hydrogen) atoms. The largest absolute Gasteiger partial charge is 0.455 e. The van der Waals surface area contributed by atoms with Crippen molar-refractivity contribution in [1.82, 2.24) is 15.1 Å². The number of allylic oxidation sites excluding steroid dienone is 1. The molecule has 4 aliphatic heterocycles. The monoisotopic (exact) mass is 643 g/mol. The van der Waals surface area contributed by atoms with Crippen molar-refractivity contribution in [2.24, 2.45) is 11.8 Å². The first-order valence-electron chi connectivity index (χ1n) is 14.4. The van der Waals surface area contributed by atoms with E-state index in [9.17, 15) is 24.3 Å². The minimum Gasteiger partial charge on any atom is -0.455 e. The number of nitrogens with zero attached hydrogens (tertiary/aromatic N) is 2. The first-order valence-corrected chi connectivity index (χ1v) is 15.2. The number of likely N-dealkylation sites (tertiary alicyclic amines) is 1. The molecule has 10 nitrogen and oxygen atoms in total. The minimum absolute atomic E-state index is 0.0594. The fourth-order valence-electron chi connectivity index (χ4n) is 6.53. The quantitative estimate of drug-likeness (QED) is 0.383. The summed E-state index contributed by atoms with van der Waals surface area (Å²) in [4.78, 5) is 58.5. The summed E-state index contributed by atoms with van der Waals surface area (Å²) in [5, 5.41) is 13.0. The molecule has 1 aromatic carbocycles. The average molecular weight is 645 g/mol. The molecule has 4 heterocycles.